The number of aryl methyl sites for hydroxylation is 1. The van der Waals surface area contributed by atoms with Crippen molar-refractivity contribution in [3.8, 4) is 5.75 Å². The van der Waals surface area contributed by atoms with Crippen LogP contribution in [0.4, 0.5) is 22.0 Å². The van der Waals surface area contributed by atoms with Crippen LogP contribution < -0.4 is 4.74 Å². The van der Waals surface area contributed by atoms with Crippen molar-refractivity contribution >= 4 is 22.4 Å². The van der Waals surface area contributed by atoms with Gasteiger partial charge in [0.05, 0.1) is 17.6 Å². The van der Waals surface area contributed by atoms with Crippen LogP contribution in [0.25, 0.3) is 22.4 Å². The first-order valence-electron chi connectivity index (χ1n) is 9.37. The van der Waals surface area contributed by atoms with Gasteiger partial charge in [0.2, 0.25) is 0 Å². The highest BCUT2D eigenvalue weighted by molar-refractivity contribution is 5.91. The maximum Gasteiger partial charge on any atom is 0.175 e. The van der Waals surface area contributed by atoms with Crippen molar-refractivity contribution in [3.05, 3.63) is 89.3 Å². The largest absolute Gasteiger partial charge is 0.491 e. The van der Waals surface area contributed by atoms with Crippen molar-refractivity contribution in [2.45, 2.75) is 19.8 Å². The lowest BCUT2D eigenvalue weighted by Gasteiger charge is -2.11. The summed E-state index contributed by atoms with van der Waals surface area (Å²) in [6, 6.07) is 9.31. The van der Waals surface area contributed by atoms with Crippen molar-refractivity contribution in [2.75, 3.05) is 6.61 Å². The Labute approximate surface area is 171 Å². The molecule has 0 atom stereocenters. The van der Waals surface area contributed by atoms with Gasteiger partial charge < -0.3 is 4.74 Å². The molecule has 0 fully saturated rings. The first-order chi connectivity index (χ1) is 14.4. The van der Waals surface area contributed by atoms with Crippen LogP contribution in [-0.2, 0) is 6.42 Å². The molecular weight excluding hydrogens is 399 g/mol. The molecule has 3 rings (SSSR count). The number of benzene rings is 3. The SMILES string of the molecule is C=CCCc1ccc(C(F)=C(F)c2cc3ccc(OCC)c(F)c3c(F)c2F)cc1. The van der Waals surface area contributed by atoms with Gasteiger partial charge in [0.25, 0.3) is 0 Å². The van der Waals surface area contributed by atoms with Gasteiger partial charge in [-0.3, -0.25) is 0 Å². The predicted octanol–water partition coefficient (Wildman–Crippen LogP) is 7.54. The summed E-state index contributed by atoms with van der Waals surface area (Å²) < 4.78 is 78.0. The van der Waals surface area contributed by atoms with Crippen LogP contribution in [0.2, 0.25) is 0 Å². The summed E-state index contributed by atoms with van der Waals surface area (Å²) in [6.07, 6.45) is 3.16. The van der Waals surface area contributed by atoms with Crippen molar-refractivity contribution in [1.82, 2.24) is 0 Å². The molecule has 0 saturated carbocycles. The summed E-state index contributed by atoms with van der Waals surface area (Å²) in [5.74, 6) is -7.54. The number of halogens is 5. The number of hydrogen-bond acceptors (Lipinski definition) is 1. The quantitative estimate of drug-likeness (QED) is 0.219. The van der Waals surface area contributed by atoms with Gasteiger partial charge in [-0.25, -0.2) is 22.0 Å². The van der Waals surface area contributed by atoms with Crippen molar-refractivity contribution in [2.24, 2.45) is 0 Å². The van der Waals surface area contributed by atoms with Gasteiger partial charge in [-0.1, -0.05) is 36.4 Å². The first-order valence-corrected chi connectivity index (χ1v) is 9.37. The summed E-state index contributed by atoms with van der Waals surface area (Å²) in [4.78, 5) is 0. The van der Waals surface area contributed by atoms with E-state index in [9.17, 15) is 22.0 Å². The van der Waals surface area contributed by atoms with Crippen LogP contribution in [0.5, 0.6) is 5.75 Å². The van der Waals surface area contributed by atoms with Crippen LogP contribution in [0, 0.1) is 17.5 Å². The lowest BCUT2D eigenvalue weighted by molar-refractivity contribution is 0.322. The smallest absolute Gasteiger partial charge is 0.175 e. The average molecular weight is 418 g/mol. The van der Waals surface area contributed by atoms with Gasteiger partial charge in [-0.15, -0.1) is 6.58 Å². The summed E-state index contributed by atoms with van der Waals surface area (Å²) in [5, 5.41) is -0.797. The molecule has 0 aliphatic rings. The van der Waals surface area contributed by atoms with E-state index in [0.29, 0.717) is 6.42 Å². The third-order valence-corrected chi connectivity index (χ3v) is 4.66. The highest BCUT2D eigenvalue weighted by Crippen LogP contribution is 2.36. The van der Waals surface area contributed by atoms with E-state index < -0.39 is 40.1 Å². The summed E-state index contributed by atoms with van der Waals surface area (Å²) in [7, 11) is 0. The zero-order chi connectivity index (χ0) is 21.8. The molecule has 0 heterocycles. The zero-order valence-corrected chi connectivity index (χ0v) is 16.2. The third kappa shape index (κ3) is 4.08. The summed E-state index contributed by atoms with van der Waals surface area (Å²) in [5.41, 5.74) is -0.139. The van der Waals surface area contributed by atoms with Gasteiger partial charge in [-0.05, 0) is 42.8 Å². The normalized spacial score (nSPS) is 12.1. The third-order valence-electron chi connectivity index (χ3n) is 4.66. The molecule has 156 valence electrons. The second-order valence-corrected chi connectivity index (χ2v) is 6.61. The first kappa shape index (κ1) is 21.6. The van der Waals surface area contributed by atoms with E-state index in [1.54, 1.807) is 25.1 Å². The van der Waals surface area contributed by atoms with Crippen LogP contribution in [0.15, 0.2) is 55.1 Å². The Morgan fingerprint density at radius 3 is 2.27 bits per heavy atom. The summed E-state index contributed by atoms with van der Waals surface area (Å²) in [6.45, 7) is 5.36. The fourth-order valence-corrected chi connectivity index (χ4v) is 3.12. The van der Waals surface area contributed by atoms with E-state index in [-0.39, 0.29) is 23.3 Å². The van der Waals surface area contributed by atoms with E-state index in [1.165, 1.54) is 24.3 Å². The second-order valence-electron chi connectivity index (χ2n) is 6.61. The van der Waals surface area contributed by atoms with Crippen LogP contribution in [-0.4, -0.2) is 6.61 Å². The van der Waals surface area contributed by atoms with E-state index >= 15 is 0 Å². The molecule has 0 aliphatic heterocycles. The minimum Gasteiger partial charge on any atom is -0.491 e. The fraction of sp³-hybridized carbons (Fsp3) is 0.167. The van der Waals surface area contributed by atoms with Gasteiger partial charge in [0.1, 0.15) is 0 Å². The maximum absolute atomic E-state index is 14.8. The molecule has 0 saturated heterocycles. The van der Waals surface area contributed by atoms with Gasteiger partial charge >= 0.3 is 0 Å². The number of fused-ring (bicyclic) bond motifs is 1. The number of rotatable bonds is 7. The molecule has 0 aromatic heterocycles. The van der Waals surface area contributed by atoms with E-state index in [2.05, 4.69) is 6.58 Å². The molecule has 1 nitrogen and oxygen atoms in total. The van der Waals surface area contributed by atoms with E-state index in [0.717, 1.165) is 18.1 Å². The molecular formula is C24H19F5O. The Hall–Kier alpha value is -3.15. The Bertz CT molecular complexity index is 1120. The molecule has 0 amide bonds. The highest BCUT2D eigenvalue weighted by atomic mass is 19.2. The minimum absolute atomic E-state index is 0.118. The molecule has 0 spiro atoms. The molecule has 3 aromatic rings. The zero-order valence-electron chi connectivity index (χ0n) is 16.2. The minimum atomic E-state index is -1.68. The van der Waals surface area contributed by atoms with Crippen molar-refractivity contribution in [1.29, 1.82) is 0 Å². The van der Waals surface area contributed by atoms with Crippen molar-refractivity contribution in [3.63, 3.8) is 0 Å². The fourth-order valence-electron chi connectivity index (χ4n) is 3.12. The molecule has 3 aromatic carbocycles. The lowest BCUT2D eigenvalue weighted by atomic mass is 10.0. The van der Waals surface area contributed by atoms with Gasteiger partial charge in [0.15, 0.2) is 34.9 Å². The standard InChI is InChI=1S/C24H19F5O/c1-3-5-6-14-7-9-15(10-8-14)20(25)21(26)17-13-16-11-12-18(30-4-2)23(28)19(16)24(29)22(17)27/h3,7-13H,1,4-6H2,2H3. The average Bonchev–Trinajstić information content (AvgIpc) is 2.76. The molecule has 30 heavy (non-hydrogen) atoms. The van der Waals surface area contributed by atoms with Crippen LogP contribution in [0.1, 0.15) is 30.0 Å². The van der Waals surface area contributed by atoms with E-state index in [1.807, 2.05) is 0 Å². The maximum atomic E-state index is 14.8. The molecule has 0 N–H and O–H groups in total. The Morgan fingerprint density at radius 2 is 1.63 bits per heavy atom. The predicted molar refractivity (Wildman–Crippen MR) is 109 cm³/mol. The molecule has 0 aliphatic carbocycles. The monoisotopic (exact) mass is 418 g/mol. The Morgan fingerprint density at radius 1 is 0.933 bits per heavy atom. The molecule has 0 unspecified atom stereocenters. The topological polar surface area (TPSA) is 9.23 Å². The van der Waals surface area contributed by atoms with Crippen LogP contribution in [0.3, 0.4) is 0 Å². The van der Waals surface area contributed by atoms with Gasteiger partial charge in [0, 0.05) is 5.56 Å². The van der Waals surface area contributed by atoms with E-state index in [4.69, 9.17) is 4.74 Å². The molecule has 0 radical (unpaired) electrons. The van der Waals surface area contributed by atoms with Gasteiger partial charge in [-0.2, -0.15) is 0 Å². The second kappa shape index (κ2) is 9.11. The van der Waals surface area contributed by atoms with Crippen LogP contribution >= 0.6 is 0 Å². The number of ether oxygens (including phenoxy) is 1. The molecule has 6 heteroatoms. The number of allylic oxidation sites excluding steroid dienone is 1. The Kier molecular flexibility index (Phi) is 6.55. The van der Waals surface area contributed by atoms with Crippen molar-refractivity contribution < 1.29 is 26.7 Å². The highest BCUT2D eigenvalue weighted by Gasteiger charge is 2.23. The number of hydrogen-bond donors (Lipinski definition) is 0. The summed E-state index contributed by atoms with van der Waals surface area (Å²) >= 11 is 0. The lowest BCUT2D eigenvalue weighted by Crippen LogP contribution is -2.00. The molecule has 0 bridgehead atoms. The Balaban J connectivity index is 2.07.